The van der Waals surface area contributed by atoms with Crippen LogP contribution in [0.4, 0.5) is 5.69 Å². The number of aromatic nitrogens is 1. The van der Waals surface area contributed by atoms with E-state index in [4.69, 9.17) is 0 Å². The molecule has 0 saturated heterocycles. The first kappa shape index (κ1) is 14.2. The molecule has 0 radical (unpaired) electrons. The molecule has 0 spiro atoms. The number of pyridine rings is 1. The highest BCUT2D eigenvalue weighted by molar-refractivity contribution is 7.90. The number of nitrogens with zero attached hydrogens (tertiary/aromatic N) is 2. The highest BCUT2D eigenvalue weighted by atomic mass is 32.2. The number of sulfonamides is 1. The highest BCUT2D eigenvalue weighted by Crippen LogP contribution is 2.29. The molecule has 7 nitrogen and oxygen atoms in total. The average Bonchev–Trinajstić information content (AvgIpc) is 2.70. The van der Waals surface area contributed by atoms with Crippen molar-refractivity contribution in [3.63, 3.8) is 0 Å². The zero-order valence-electron chi connectivity index (χ0n) is 11.3. The Bertz CT molecular complexity index is 849. The largest absolute Gasteiger partial charge is 0.324 e. The van der Waals surface area contributed by atoms with E-state index >= 15 is 0 Å². The van der Waals surface area contributed by atoms with Gasteiger partial charge in [0, 0.05) is 18.1 Å². The van der Waals surface area contributed by atoms with E-state index in [-0.39, 0.29) is 10.5 Å². The van der Waals surface area contributed by atoms with Gasteiger partial charge in [-0.15, -0.1) is 0 Å². The van der Waals surface area contributed by atoms with Gasteiger partial charge in [0.25, 0.3) is 15.9 Å². The molecule has 112 valence electrons. The minimum absolute atomic E-state index is 0.0725. The number of hydrogen-bond donors (Lipinski definition) is 1. The standard InChI is InChI=1S/C14H11N3O4S/c18-13(16-10-5-7-15-8-6-10)9-17-14(19)11-3-1-2-4-12(11)22(17,20)21/h1-8H,9H2,(H,15,16,18). The van der Waals surface area contributed by atoms with Crippen molar-refractivity contribution in [1.29, 1.82) is 0 Å². The number of benzene rings is 1. The lowest BCUT2D eigenvalue weighted by molar-refractivity contribution is -0.116. The number of rotatable bonds is 3. The molecule has 0 atom stereocenters. The predicted octanol–water partition coefficient (Wildman–Crippen LogP) is 0.865. The van der Waals surface area contributed by atoms with Gasteiger partial charge in [-0.3, -0.25) is 14.6 Å². The Kier molecular flexibility index (Phi) is 3.38. The third-order valence-electron chi connectivity index (χ3n) is 3.16. The molecule has 2 amide bonds. The van der Waals surface area contributed by atoms with Crippen LogP contribution in [0.3, 0.4) is 0 Å². The maximum Gasteiger partial charge on any atom is 0.269 e. The first-order valence-electron chi connectivity index (χ1n) is 6.36. The summed E-state index contributed by atoms with van der Waals surface area (Å²) >= 11 is 0. The third kappa shape index (κ3) is 2.33. The number of carbonyl (C=O) groups excluding carboxylic acids is 2. The van der Waals surface area contributed by atoms with E-state index in [0.29, 0.717) is 9.99 Å². The van der Waals surface area contributed by atoms with E-state index in [1.165, 1.54) is 30.6 Å². The molecule has 1 aliphatic heterocycles. The van der Waals surface area contributed by atoms with Crippen molar-refractivity contribution in [1.82, 2.24) is 9.29 Å². The van der Waals surface area contributed by atoms with E-state index in [9.17, 15) is 18.0 Å². The lowest BCUT2D eigenvalue weighted by Gasteiger charge is -2.14. The molecule has 3 rings (SSSR count). The number of anilines is 1. The fraction of sp³-hybridized carbons (Fsp3) is 0.0714. The fourth-order valence-corrected chi connectivity index (χ4v) is 3.68. The summed E-state index contributed by atoms with van der Waals surface area (Å²) < 4.78 is 25.2. The second-order valence-corrected chi connectivity index (χ2v) is 6.43. The summed E-state index contributed by atoms with van der Waals surface area (Å²) in [6.07, 6.45) is 2.98. The number of fused-ring (bicyclic) bond motifs is 1. The molecule has 1 aliphatic rings. The Balaban J connectivity index is 1.82. The molecule has 0 saturated carbocycles. The SMILES string of the molecule is O=C(CN1C(=O)c2ccccc2S1(=O)=O)Nc1ccncc1. The van der Waals surface area contributed by atoms with Gasteiger partial charge in [-0.2, -0.15) is 0 Å². The van der Waals surface area contributed by atoms with E-state index in [2.05, 4.69) is 10.3 Å². The second kappa shape index (κ2) is 5.23. The first-order chi connectivity index (χ1) is 10.5. The van der Waals surface area contributed by atoms with Gasteiger partial charge in [0.1, 0.15) is 11.4 Å². The zero-order chi connectivity index (χ0) is 15.7. The smallest absolute Gasteiger partial charge is 0.269 e. The van der Waals surface area contributed by atoms with Crippen molar-refractivity contribution < 1.29 is 18.0 Å². The summed E-state index contributed by atoms with van der Waals surface area (Å²) in [6.45, 7) is -0.571. The summed E-state index contributed by atoms with van der Waals surface area (Å²) in [5, 5.41) is 2.52. The van der Waals surface area contributed by atoms with Gasteiger partial charge in [0.15, 0.2) is 0 Å². The van der Waals surface area contributed by atoms with Crippen LogP contribution >= 0.6 is 0 Å². The Labute approximate surface area is 126 Å². The van der Waals surface area contributed by atoms with Gasteiger partial charge in [-0.05, 0) is 24.3 Å². The molecule has 1 aromatic heterocycles. The van der Waals surface area contributed by atoms with Crippen molar-refractivity contribution >= 4 is 27.5 Å². The average molecular weight is 317 g/mol. The van der Waals surface area contributed by atoms with Crippen molar-refractivity contribution in [2.24, 2.45) is 0 Å². The van der Waals surface area contributed by atoms with E-state index in [0.717, 1.165) is 0 Å². The van der Waals surface area contributed by atoms with Crippen LogP contribution in [-0.2, 0) is 14.8 Å². The maximum atomic E-state index is 12.3. The van der Waals surface area contributed by atoms with Gasteiger partial charge >= 0.3 is 0 Å². The fourth-order valence-electron chi connectivity index (χ4n) is 2.15. The second-order valence-electron chi connectivity index (χ2n) is 4.60. The van der Waals surface area contributed by atoms with Crippen molar-refractivity contribution in [2.75, 3.05) is 11.9 Å². The van der Waals surface area contributed by atoms with Crippen LogP contribution in [-0.4, -0.2) is 36.1 Å². The molecule has 0 fully saturated rings. The molecule has 0 bridgehead atoms. The zero-order valence-corrected chi connectivity index (χ0v) is 12.1. The molecular weight excluding hydrogens is 306 g/mol. The van der Waals surface area contributed by atoms with Crippen molar-refractivity contribution in [2.45, 2.75) is 4.90 Å². The van der Waals surface area contributed by atoms with Crippen molar-refractivity contribution in [3.8, 4) is 0 Å². The topological polar surface area (TPSA) is 96.4 Å². The third-order valence-corrected chi connectivity index (χ3v) is 4.95. The molecule has 2 aromatic rings. The normalized spacial score (nSPS) is 15.5. The van der Waals surface area contributed by atoms with Crippen LogP contribution in [0.1, 0.15) is 10.4 Å². The Hall–Kier alpha value is -2.74. The molecule has 22 heavy (non-hydrogen) atoms. The summed E-state index contributed by atoms with van der Waals surface area (Å²) in [7, 11) is -3.97. The molecule has 0 aliphatic carbocycles. The van der Waals surface area contributed by atoms with Crippen molar-refractivity contribution in [3.05, 3.63) is 54.4 Å². The Morgan fingerprint density at radius 2 is 1.82 bits per heavy atom. The molecule has 2 heterocycles. The van der Waals surface area contributed by atoms with Gasteiger partial charge < -0.3 is 5.32 Å². The molecular formula is C14H11N3O4S. The summed E-state index contributed by atoms with van der Waals surface area (Å²) in [5.41, 5.74) is 0.556. The summed E-state index contributed by atoms with van der Waals surface area (Å²) in [4.78, 5) is 27.9. The highest BCUT2D eigenvalue weighted by Gasteiger charge is 2.41. The molecule has 1 N–H and O–H groups in total. The molecule has 8 heteroatoms. The van der Waals surface area contributed by atoms with Crippen LogP contribution in [0.25, 0.3) is 0 Å². The lowest BCUT2D eigenvalue weighted by atomic mass is 10.2. The molecule has 1 aromatic carbocycles. The minimum Gasteiger partial charge on any atom is -0.324 e. The van der Waals surface area contributed by atoms with Crippen LogP contribution in [0.5, 0.6) is 0 Å². The van der Waals surface area contributed by atoms with Crippen LogP contribution in [0.15, 0.2) is 53.7 Å². The van der Waals surface area contributed by atoms with Crippen LogP contribution in [0.2, 0.25) is 0 Å². The maximum absolute atomic E-state index is 12.3. The number of carbonyl (C=O) groups is 2. The summed E-state index contributed by atoms with van der Waals surface area (Å²) in [5.74, 6) is -1.29. The molecule has 0 unspecified atom stereocenters. The van der Waals surface area contributed by atoms with Gasteiger partial charge in [-0.1, -0.05) is 12.1 Å². The van der Waals surface area contributed by atoms with Crippen LogP contribution in [0, 0.1) is 0 Å². The monoisotopic (exact) mass is 317 g/mol. The first-order valence-corrected chi connectivity index (χ1v) is 7.80. The van der Waals surface area contributed by atoms with E-state index in [1.807, 2.05) is 0 Å². The van der Waals surface area contributed by atoms with Crippen LogP contribution < -0.4 is 5.32 Å². The quantitative estimate of drug-likeness (QED) is 0.906. The number of amides is 2. The minimum atomic E-state index is -3.97. The number of nitrogens with one attached hydrogen (secondary N) is 1. The summed E-state index contributed by atoms with van der Waals surface area (Å²) in [6, 6.07) is 9.01. The van der Waals surface area contributed by atoms with Gasteiger partial charge in [0.2, 0.25) is 5.91 Å². The van der Waals surface area contributed by atoms with Gasteiger partial charge in [0.05, 0.1) is 5.56 Å². The van der Waals surface area contributed by atoms with Gasteiger partial charge in [-0.25, -0.2) is 12.7 Å². The Morgan fingerprint density at radius 1 is 1.14 bits per heavy atom. The predicted molar refractivity (Wildman–Crippen MR) is 77.5 cm³/mol. The Morgan fingerprint density at radius 3 is 2.50 bits per heavy atom. The van der Waals surface area contributed by atoms with E-state index in [1.54, 1.807) is 18.2 Å². The lowest BCUT2D eigenvalue weighted by Crippen LogP contribution is -2.37. The number of hydrogen-bond acceptors (Lipinski definition) is 5. The van der Waals surface area contributed by atoms with E-state index < -0.39 is 28.4 Å².